The lowest BCUT2D eigenvalue weighted by molar-refractivity contribution is -0.117. The monoisotopic (exact) mass is 515 g/mol. The van der Waals surface area contributed by atoms with Gasteiger partial charge in [0.15, 0.2) is 5.96 Å². The standard InChI is InChI=1S/C22H37N5O.HI/c1-5-26(6-2)15-7-9-18(3)25-22(23-4)24-17-19-11-13-20(14-12-19)27-16-8-10-21(27)28;/h11-14,18H,5-10,15-17H2,1-4H3,(H2,23,24,25);1H. The fraction of sp³-hybridized carbons (Fsp3) is 0.636. The first-order valence-electron chi connectivity index (χ1n) is 10.7. The molecule has 0 saturated carbocycles. The highest BCUT2D eigenvalue weighted by Crippen LogP contribution is 2.21. The molecule has 1 fully saturated rings. The fourth-order valence-electron chi connectivity index (χ4n) is 3.56. The zero-order valence-electron chi connectivity index (χ0n) is 18.4. The molecule has 164 valence electrons. The van der Waals surface area contributed by atoms with Crippen LogP contribution in [-0.4, -0.2) is 56.0 Å². The summed E-state index contributed by atoms with van der Waals surface area (Å²) in [6, 6.07) is 8.60. The molecule has 1 atom stereocenters. The first-order chi connectivity index (χ1) is 13.6. The quantitative estimate of drug-likeness (QED) is 0.284. The van der Waals surface area contributed by atoms with Crippen molar-refractivity contribution in [1.29, 1.82) is 0 Å². The topological polar surface area (TPSA) is 60.0 Å². The average molecular weight is 515 g/mol. The van der Waals surface area contributed by atoms with Crippen LogP contribution in [0.3, 0.4) is 0 Å². The van der Waals surface area contributed by atoms with Gasteiger partial charge in [0, 0.05) is 38.3 Å². The summed E-state index contributed by atoms with van der Waals surface area (Å²) < 4.78 is 0. The number of nitrogens with zero attached hydrogens (tertiary/aromatic N) is 3. The number of aliphatic imine (C=N–C) groups is 1. The molecule has 1 unspecified atom stereocenters. The number of rotatable bonds is 10. The van der Waals surface area contributed by atoms with E-state index in [1.54, 1.807) is 7.05 Å². The van der Waals surface area contributed by atoms with Crippen LogP contribution in [0.25, 0.3) is 0 Å². The van der Waals surface area contributed by atoms with Gasteiger partial charge < -0.3 is 20.4 Å². The Balaban J connectivity index is 0.00000420. The Bertz CT molecular complexity index is 631. The second-order valence-corrected chi connectivity index (χ2v) is 7.46. The molecule has 1 aliphatic rings. The molecule has 29 heavy (non-hydrogen) atoms. The summed E-state index contributed by atoms with van der Waals surface area (Å²) in [5.74, 6) is 1.06. The van der Waals surface area contributed by atoms with Crippen molar-refractivity contribution in [2.45, 2.75) is 59.0 Å². The first kappa shape index (κ1) is 25.7. The van der Waals surface area contributed by atoms with E-state index in [2.05, 4.69) is 53.4 Å². The summed E-state index contributed by atoms with van der Waals surface area (Å²) >= 11 is 0. The molecule has 0 aromatic heterocycles. The molecule has 2 N–H and O–H groups in total. The van der Waals surface area contributed by atoms with Crippen molar-refractivity contribution in [3.05, 3.63) is 29.8 Å². The Hall–Kier alpha value is -1.35. The Kier molecular flexibility index (Phi) is 12.2. The highest BCUT2D eigenvalue weighted by molar-refractivity contribution is 14.0. The van der Waals surface area contributed by atoms with Gasteiger partial charge in [-0.05, 0) is 63.5 Å². The number of benzene rings is 1. The van der Waals surface area contributed by atoms with Crippen LogP contribution in [-0.2, 0) is 11.3 Å². The van der Waals surface area contributed by atoms with Crippen LogP contribution in [0.5, 0.6) is 0 Å². The number of anilines is 1. The predicted octanol–water partition coefficient (Wildman–Crippen LogP) is 3.61. The number of guanidine groups is 1. The number of carbonyl (C=O) groups excluding carboxylic acids is 1. The number of carbonyl (C=O) groups is 1. The van der Waals surface area contributed by atoms with E-state index in [9.17, 15) is 4.79 Å². The number of nitrogens with one attached hydrogen (secondary N) is 2. The summed E-state index contributed by atoms with van der Waals surface area (Å²) in [4.78, 5) is 20.5. The lowest BCUT2D eigenvalue weighted by Gasteiger charge is -2.21. The maximum Gasteiger partial charge on any atom is 0.227 e. The maximum atomic E-state index is 11.8. The molecule has 1 aliphatic heterocycles. The van der Waals surface area contributed by atoms with Gasteiger partial charge >= 0.3 is 0 Å². The molecule has 1 saturated heterocycles. The molecule has 2 rings (SSSR count). The molecular weight excluding hydrogens is 477 g/mol. The summed E-state index contributed by atoms with van der Waals surface area (Å²) in [6.07, 6.45) is 3.93. The van der Waals surface area contributed by atoms with E-state index < -0.39 is 0 Å². The summed E-state index contributed by atoms with van der Waals surface area (Å²) in [5, 5.41) is 6.86. The molecular formula is C22H38IN5O. The molecule has 1 aromatic rings. The zero-order valence-corrected chi connectivity index (χ0v) is 20.7. The predicted molar refractivity (Wildman–Crippen MR) is 133 cm³/mol. The van der Waals surface area contributed by atoms with Crippen molar-refractivity contribution in [3.63, 3.8) is 0 Å². The third-order valence-electron chi connectivity index (χ3n) is 5.39. The van der Waals surface area contributed by atoms with Crippen LogP contribution in [0.15, 0.2) is 29.3 Å². The third kappa shape index (κ3) is 8.50. The van der Waals surface area contributed by atoms with E-state index in [1.165, 1.54) is 12.0 Å². The van der Waals surface area contributed by atoms with E-state index in [-0.39, 0.29) is 29.9 Å². The van der Waals surface area contributed by atoms with Crippen molar-refractivity contribution >= 4 is 41.5 Å². The number of hydrogen-bond acceptors (Lipinski definition) is 3. The minimum absolute atomic E-state index is 0. The molecule has 1 heterocycles. The highest BCUT2D eigenvalue weighted by atomic mass is 127. The van der Waals surface area contributed by atoms with E-state index in [0.29, 0.717) is 19.0 Å². The van der Waals surface area contributed by atoms with E-state index in [4.69, 9.17) is 0 Å². The second-order valence-electron chi connectivity index (χ2n) is 7.46. The van der Waals surface area contributed by atoms with Gasteiger partial charge in [-0.3, -0.25) is 9.79 Å². The van der Waals surface area contributed by atoms with E-state index in [0.717, 1.165) is 50.7 Å². The van der Waals surface area contributed by atoms with Gasteiger partial charge in [-0.1, -0.05) is 26.0 Å². The first-order valence-corrected chi connectivity index (χ1v) is 10.7. The SMILES string of the molecule is CCN(CC)CCCC(C)NC(=NC)NCc1ccc(N2CCCC2=O)cc1.I. The molecule has 1 aromatic carbocycles. The van der Waals surface area contributed by atoms with E-state index >= 15 is 0 Å². The van der Waals surface area contributed by atoms with Crippen molar-refractivity contribution in [2.75, 3.05) is 38.1 Å². The van der Waals surface area contributed by atoms with Crippen molar-refractivity contribution in [1.82, 2.24) is 15.5 Å². The molecule has 0 radical (unpaired) electrons. The van der Waals surface area contributed by atoms with Gasteiger partial charge in [0.1, 0.15) is 0 Å². The van der Waals surface area contributed by atoms with Crippen molar-refractivity contribution < 1.29 is 4.79 Å². The van der Waals surface area contributed by atoms with Gasteiger partial charge in [0.2, 0.25) is 5.91 Å². The smallest absolute Gasteiger partial charge is 0.227 e. The lowest BCUT2D eigenvalue weighted by atomic mass is 10.1. The summed E-state index contributed by atoms with van der Waals surface area (Å²) in [7, 11) is 1.81. The van der Waals surface area contributed by atoms with Crippen molar-refractivity contribution in [3.8, 4) is 0 Å². The van der Waals surface area contributed by atoms with Gasteiger partial charge in [-0.25, -0.2) is 0 Å². The second kappa shape index (κ2) is 13.8. The third-order valence-corrected chi connectivity index (χ3v) is 5.39. The fourth-order valence-corrected chi connectivity index (χ4v) is 3.56. The van der Waals surface area contributed by atoms with Crippen LogP contribution in [0.4, 0.5) is 5.69 Å². The number of hydrogen-bond donors (Lipinski definition) is 2. The number of halogens is 1. The van der Waals surface area contributed by atoms with Crippen LogP contribution < -0.4 is 15.5 Å². The number of amides is 1. The minimum Gasteiger partial charge on any atom is -0.354 e. The van der Waals surface area contributed by atoms with Gasteiger partial charge in [-0.15, -0.1) is 24.0 Å². The van der Waals surface area contributed by atoms with Crippen LogP contribution >= 0.6 is 24.0 Å². The lowest BCUT2D eigenvalue weighted by Crippen LogP contribution is -2.42. The van der Waals surface area contributed by atoms with Crippen molar-refractivity contribution in [2.24, 2.45) is 4.99 Å². The molecule has 0 spiro atoms. The molecule has 1 amide bonds. The summed E-state index contributed by atoms with van der Waals surface area (Å²) in [5.41, 5.74) is 2.17. The minimum atomic E-state index is 0. The molecule has 7 heteroatoms. The zero-order chi connectivity index (χ0) is 20.4. The van der Waals surface area contributed by atoms with Gasteiger partial charge in [0.05, 0.1) is 0 Å². The highest BCUT2D eigenvalue weighted by Gasteiger charge is 2.21. The average Bonchev–Trinajstić information content (AvgIpc) is 3.14. The molecule has 6 nitrogen and oxygen atoms in total. The molecule has 0 bridgehead atoms. The van der Waals surface area contributed by atoms with Crippen LogP contribution in [0.1, 0.15) is 52.0 Å². The normalized spacial score (nSPS) is 15.4. The van der Waals surface area contributed by atoms with E-state index in [1.807, 2.05) is 17.0 Å². The Morgan fingerprint density at radius 2 is 1.93 bits per heavy atom. The largest absolute Gasteiger partial charge is 0.354 e. The maximum absolute atomic E-state index is 11.8. The Morgan fingerprint density at radius 1 is 1.24 bits per heavy atom. The van der Waals surface area contributed by atoms with Gasteiger partial charge in [-0.2, -0.15) is 0 Å². The Morgan fingerprint density at radius 3 is 2.48 bits per heavy atom. The Labute approximate surface area is 193 Å². The van der Waals surface area contributed by atoms with Crippen LogP contribution in [0, 0.1) is 0 Å². The van der Waals surface area contributed by atoms with Crippen LogP contribution in [0.2, 0.25) is 0 Å². The molecule has 0 aliphatic carbocycles. The van der Waals surface area contributed by atoms with Gasteiger partial charge in [0.25, 0.3) is 0 Å². The summed E-state index contributed by atoms with van der Waals surface area (Å²) in [6.45, 7) is 11.6.